The van der Waals surface area contributed by atoms with Crippen molar-refractivity contribution >= 4 is 40.0 Å². The number of hydrogen-bond acceptors (Lipinski definition) is 4. The van der Waals surface area contributed by atoms with Crippen LogP contribution in [0.2, 0.25) is 0 Å². The van der Waals surface area contributed by atoms with E-state index in [-0.39, 0.29) is 36.1 Å². The topological polar surface area (TPSA) is 91.6 Å². The number of aryl methyl sites for hydroxylation is 2. The van der Waals surface area contributed by atoms with E-state index in [1.165, 1.54) is 17.5 Å². The summed E-state index contributed by atoms with van der Waals surface area (Å²) in [4.78, 5) is 4.66. The quantitative estimate of drug-likeness (QED) is 0.320. The highest BCUT2D eigenvalue weighted by atomic mass is 127. The van der Waals surface area contributed by atoms with Gasteiger partial charge in [0.2, 0.25) is 10.0 Å². The lowest BCUT2D eigenvalue weighted by atomic mass is 10.1. The summed E-state index contributed by atoms with van der Waals surface area (Å²) in [5.74, 6) is 0.726. The van der Waals surface area contributed by atoms with E-state index in [4.69, 9.17) is 0 Å². The predicted molar refractivity (Wildman–Crippen MR) is 125 cm³/mol. The lowest BCUT2D eigenvalue weighted by molar-refractivity contribution is 0.396. The van der Waals surface area contributed by atoms with Crippen LogP contribution < -0.4 is 10.6 Å². The molecule has 0 bridgehead atoms. The first kappa shape index (κ1) is 25.2. The molecular formula is C18H35IN6O2S. The number of guanidine groups is 1. The monoisotopic (exact) mass is 526 g/mol. The van der Waals surface area contributed by atoms with Crippen LogP contribution >= 0.6 is 24.0 Å². The fraction of sp³-hybridized carbons (Fsp3) is 0.778. The highest BCUT2D eigenvalue weighted by Crippen LogP contribution is 2.20. The summed E-state index contributed by atoms with van der Waals surface area (Å²) in [7, 11) is -1.21. The highest BCUT2D eigenvalue weighted by molar-refractivity contribution is 14.0. The summed E-state index contributed by atoms with van der Waals surface area (Å²) in [6.07, 6.45) is 3.89. The number of halogens is 1. The third-order valence-electron chi connectivity index (χ3n) is 5.11. The molecule has 2 heterocycles. The van der Waals surface area contributed by atoms with Crippen LogP contribution in [0.25, 0.3) is 0 Å². The highest BCUT2D eigenvalue weighted by Gasteiger charge is 2.31. The second-order valence-electron chi connectivity index (χ2n) is 7.41. The Morgan fingerprint density at radius 3 is 2.61 bits per heavy atom. The molecule has 0 aliphatic carbocycles. The van der Waals surface area contributed by atoms with E-state index in [2.05, 4.69) is 34.6 Å². The van der Waals surface area contributed by atoms with Gasteiger partial charge in [0, 0.05) is 37.9 Å². The summed E-state index contributed by atoms with van der Waals surface area (Å²) < 4.78 is 27.3. The van der Waals surface area contributed by atoms with E-state index in [1.54, 1.807) is 4.31 Å². The Balaban J connectivity index is 0.00000392. The molecule has 2 rings (SSSR count). The third kappa shape index (κ3) is 6.58. The van der Waals surface area contributed by atoms with Crippen molar-refractivity contribution < 1.29 is 8.42 Å². The zero-order valence-electron chi connectivity index (χ0n) is 17.8. The molecule has 1 unspecified atom stereocenters. The maximum absolute atomic E-state index is 11.9. The van der Waals surface area contributed by atoms with Crippen LogP contribution in [0.1, 0.15) is 43.6 Å². The van der Waals surface area contributed by atoms with E-state index >= 15 is 0 Å². The number of aromatic nitrogens is 2. The molecule has 1 aliphatic rings. The molecule has 0 saturated carbocycles. The lowest BCUT2D eigenvalue weighted by Crippen LogP contribution is -2.44. The Bertz CT molecular complexity index is 777. The van der Waals surface area contributed by atoms with Crippen molar-refractivity contribution in [2.45, 2.75) is 59.0 Å². The van der Waals surface area contributed by atoms with Crippen LogP contribution in [0.5, 0.6) is 0 Å². The largest absolute Gasteiger partial charge is 0.357 e. The number of nitrogens with zero attached hydrogens (tertiary/aromatic N) is 4. The average molecular weight is 526 g/mol. The fourth-order valence-electron chi connectivity index (χ4n) is 3.65. The Kier molecular flexibility index (Phi) is 9.68. The lowest BCUT2D eigenvalue weighted by Gasteiger charge is -2.22. The minimum Gasteiger partial charge on any atom is -0.357 e. The maximum atomic E-state index is 11.9. The van der Waals surface area contributed by atoms with Gasteiger partial charge in [-0.2, -0.15) is 9.40 Å². The molecule has 2 N–H and O–H groups in total. The summed E-state index contributed by atoms with van der Waals surface area (Å²) in [6, 6.07) is 0.132. The summed E-state index contributed by atoms with van der Waals surface area (Å²) in [6.45, 7) is 10.1. The molecule has 0 radical (unpaired) electrons. The van der Waals surface area contributed by atoms with Crippen molar-refractivity contribution in [3.8, 4) is 0 Å². The number of rotatable bonds is 7. The van der Waals surface area contributed by atoms with Gasteiger partial charge in [-0.15, -0.1) is 24.0 Å². The molecule has 10 heteroatoms. The van der Waals surface area contributed by atoms with Crippen LogP contribution in [0.3, 0.4) is 0 Å². The molecule has 0 spiro atoms. The molecule has 162 valence electrons. The first-order chi connectivity index (χ1) is 12.6. The van der Waals surface area contributed by atoms with Crippen molar-refractivity contribution in [2.75, 3.05) is 25.9 Å². The third-order valence-corrected chi connectivity index (χ3v) is 6.44. The molecule has 8 nitrogen and oxygen atoms in total. The molecule has 1 aromatic rings. The minimum absolute atomic E-state index is 0. The van der Waals surface area contributed by atoms with E-state index in [0.29, 0.717) is 13.1 Å². The van der Waals surface area contributed by atoms with Crippen molar-refractivity contribution in [1.29, 1.82) is 0 Å². The van der Waals surface area contributed by atoms with Crippen LogP contribution in [0, 0.1) is 13.8 Å². The summed E-state index contributed by atoms with van der Waals surface area (Å²) in [5, 5.41) is 11.2. The first-order valence-corrected chi connectivity index (χ1v) is 11.5. The molecule has 1 saturated heterocycles. The van der Waals surface area contributed by atoms with Crippen molar-refractivity contribution in [3.63, 3.8) is 0 Å². The average Bonchev–Trinajstić information content (AvgIpc) is 3.13. The Morgan fingerprint density at radius 2 is 2.07 bits per heavy atom. The van der Waals surface area contributed by atoms with E-state index in [9.17, 15) is 8.42 Å². The SMILES string of the molecule is CCNC(=NC[C@H]1CCCN1S(C)(=O)=O)NC(C)Cc1c(C)nn(C)c1C.I. The number of nitrogens with one attached hydrogen (secondary N) is 2. The van der Waals surface area contributed by atoms with Gasteiger partial charge in [0.25, 0.3) is 0 Å². The number of sulfonamides is 1. The van der Waals surface area contributed by atoms with Crippen molar-refractivity contribution in [3.05, 3.63) is 17.0 Å². The summed E-state index contributed by atoms with van der Waals surface area (Å²) >= 11 is 0. The van der Waals surface area contributed by atoms with E-state index < -0.39 is 10.0 Å². The number of aliphatic imine (C=N–C) groups is 1. The molecular weight excluding hydrogens is 491 g/mol. The van der Waals surface area contributed by atoms with Gasteiger partial charge in [0.05, 0.1) is 18.5 Å². The zero-order valence-corrected chi connectivity index (χ0v) is 21.0. The molecule has 1 aliphatic heterocycles. The smallest absolute Gasteiger partial charge is 0.211 e. The van der Waals surface area contributed by atoms with Gasteiger partial charge in [-0.3, -0.25) is 9.67 Å². The zero-order chi connectivity index (χ0) is 20.2. The van der Waals surface area contributed by atoms with Gasteiger partial charge in [0.1, 0.15) is 0 Å². The van der Waals surface area contributed by atoms with Crippen LogP contribution in [-0.2, 0) is 23.5 Å². The predicted octanol–water partition coefficient (Wildman–Crippen LogP) is 1.57. The van der Waals surface area contributed by atoms with E-state index in [1.807, 2.05) is 25.6 Å². The molecule has 0 aromatic carbocycles. The Morgan fingerprint density at radius 1 is 1.39 bits per heavy atom. The van der Waals surface area contributed by atoms with E-state index in [0.717, 1.165) is 37.5 Å². The molecule has 28 heavy (non-hydrogen) atoms. The Hall–Kier alpha value is -0.880. The van der Waals surface area contributed by atoms with Crippen LogP contribution in [-0.4, -0.2) is 66.4 Å². The standard InChI is InChI=1S/C18H34N6O2S.HI/c1-7-19-18(20-12-16-9-8-10-24(16)27(6,25)26)21-13(2)11-17-14(3)22-23(5)15(17)4;/h13,16H,7-12H2,1-6H3,(H2,19,20,21);1H/t13?,16-;/m1./s1. The van der Waals surface area contributed by atoms with Gasteiger partial charge in [-0.25, -0.2) is 8.42 Å². The second-order valence-corrected chi connectivity index (χ2v) is 9.35. The van der Waals surface area contributed by atoms with Gasteiger partial charge in [0.15, 0.2) is 5.96 Å². The normalized spacial score (nSPS) is 19.4. The Labute approximate surface area is 186 Å². The fourth-order valence-corrected chi connectivity index (χ4v) is 4.82. The summed E-state index contributed by atoms with van der Waals surface area (Å²) in [5.41, 5.74) is 3.49. The number of hydrogen-bond donors (Lipinski definition) is 2. The van der Waals surface area contributed by atoms with Gasteiger partial charge >= 0.3 is 0 Å². The van der Waals surface area contributed by atoms with Gasteiger partial charge < -0.3 is 10.6 Å². The second kappa shape index (κ2) is 10.8. The van der Waals surface area contributed by atoms with Crippen molar-refractivity contribution in [2.24, 2.45) is 12.0 Å². The maximum Gasteiger partial charge on any atom is 0.211 e. The van der Waals surface area contributed by atoms with Crippen molar-refractivity contribution in [1.82, 2.24) is 24.7 Å². The molecule has 1 aromatic heterocycles. The van der Waals surface area contributed by atoms with Gasteiger partial charge in [-0.1, -0.05) is 0 Å². The minimum atomic E-state index is -3.17. The van der Waals surface area contributed by atoms with Gasteiger partial charge in [-0.05, 0) is 52.5 Å². The molecule has 1 fully saturated rings. The molecule has 2 atom stereocenters. The van der Waals surface area contributed by atoms with Crippen LogP contribution in [0.15, 0.2) is 4.99 Å². The van der Waals surface area contributed by atoms with Crippen LogP contribution in [0.4, 0.5) is 0 Å². The molecule has 0 amide bonds. The first-order valence-electron chi connectivity index (χ1n) is 9.64.